The molecule has 0 aliphatic rings. The van der Waals surface area contributed by atoms with Crippen molar-refractivity contribution in [1.82, 2.24) is 19.9 Å². The molecule has 8 heteroatoms. The molecule has 4 aromatic rings. The number of ether oxygens (including phenoxy) is 2. The number of anilines is 1. The largest absolute Gasteiger partial charge is 0.465 e. The number of hydrogen-bond acceptors (Lipinski definition) is 7. The molecule has 8 nitrogen and oxygen atoms in total. The Morgan fingerprint density at radius 3 is 2.77 bits per heavy atom. The highest BCUT2D eigenvalue weighted by atomic mass is 16.5. The minimum Gasteiger partial charge on any atom is -0.465 e. The Kier molecular flexibility index (Phi) is 8.28. The quantitative estimate of drug-likeness (QED) is 0.234. The average Bonchev–Trinajstić information content (AvgIpc) is 3.26. The number of nitrogens with one attached hydrogen (secondary N) is 2. The van der Waals surface area contributed by atoms with E-state index in [9.17, 15) is 4.79 Å². The van der Waals surface area contributed by atoms with Crippen LogP contribution in [-0.4, -0.2) is 72.8 Å². The standard InChI is InChI=1S/C27H33N5O3/c1-4-32(13-14-34-2)12-6-11-29-26-25-22-9-8-20(27(33)35-3)16-23(22)31-24(25)17-21(30-26)15-19-7-5-10-28-18-19/h5,7-10,16-18,31H,4,6,11-15H2,1-3H3,(H,29,30). The molecule has 184 valence electrons. The van der Waals surface area contributed by atoms with Crippen LogP contribution in [0, 0.1) is 0 Å². The lowest BCUT2D eigenvalue weighted by Gasteiger charge is -2.20. The topological polar surface area (TPSA) is 92.4 Å². The molecule has 3 heterocycles. The fourth-order valence-electron chi connectivity index (χ4n) is 4.31. The van der Waals surface area contributed by atoms with Crippen LogP contribution in [0.25, 0.3) is 21.8 Å². The van der Waals surface area contributed by atoms with Gasteiger partial charge in [-0.05, 0) is 49.3 Å². The van der Waals surface area contributed by atoms with E-state index in [1.807, 2.05) is 24.4 Å². The van der Waals surface area contributed by atoms with E-state index < -0.39 is 0 Å². The van der Waals surface area contributed by atoms with Crippen LogP contribution < -0.4 is 5.32 Å². The zero-order chi connectivity index (χ0) is 24.6. The number of aromatic nitrogens is 3. The molecule has 0 spiro atoms. The average molecular weight is 476 g/mol. The number of benzene rings is 1. The van der Waals surface area contributed by atoms with Crippen molar-refractivity contribution >= 4 is 33.6 Å². The Morgan fingerprint density at radius 1 is 1.14 bits per heavy atom. The van der Waals surface area contributed by atoms with E-state index in [4.69, 9.17) is 14.5 Å². The van der Waals surface area contributed by atoms with Gasteiger partial charge in [-0.1, -0.05) is 19.1 Å². The Balaban J connectivity index is 1.63. The number of rotatable bonds is 12. The molecule has 0 bridgehead atoms. The van der Waals surface area contributed by atoms with Gasteiger partial charge in [-0.25, -0.2) is 9.78 Å². The Bertz CT molecular complexity index is 1270. The van der Waals surface area contributed by atoms with Gasteiger partial charge >= 0.3 is 5.97 Å². The van der Waals surface area contributed by atoms with Crippen LogP contribution in [0.2, 0.25) is 0 Å². The molecule has 0 saturated heterocycles. The van der Waals surface area contributed by atoms with Gasteiger partial charge in [0.25, 0.3) is 0 Å². The van der Waals surface area contributed by atoms with E-state index >= 15 is 0 Å². The Morgan fingerprint density at radius 2 is 2.03 bits per heavy atom. The highest BCUT2D eigenvalue weighted by Crippen LogP contribution is 2.32. The number of esters is 1. The lowest BCUT2D eigenvalue weighted by atomic mass is 10.1. The smallest absolute Gasteiger partial charge is 0.337 e. The van der Waals surface area contributed by atoms with E-state index in [1.165, 1.54) is 7.11 Å². The molecule has 35 heavy (non-hydrogen) atoms. The van der Waals surface area contributed by atoms with Crippen LogP contribution in [-0.2, 0) is 15.9 Å². The highest BCUT2D eigenvalue weighted by Gasteiger charge is 2.15. The van der Waals surface area contributed by atoms with E-state index in [0.29, 0.717) is 12.0 Å². The van der Waals surface area contributed by atoms with Crippen molar-refractivity contribution in [3.63, 3.8) is 0 Å². The highest BCUT2D eigenvalue weighted by molar-refractivity contribution is 6.13. The SMILES string of the molecule is CCN(CCCNc1nc(Cc2cccnc2)cc2[nH]c3cc(C(=O)OC)ccc3c12)CCOC. The molecule has 0 aliphatic heterocycles. The summed E-state index contributed by atoms with van der Waals surface area (Å²) in [6, 6.07) is 11.7. The summed E-state index contributed by atoms with van der Waals surface area (Å²) in [5.74, 6) is 0.492. The predicted octanol–water partition coefficient (Wildman–Crippen LogP) is 4.26. The van der Waals surface area contributed by atoms with Gasteiger partial charge in [-0.15, -0.1) is 0 Å². The van der Waals surface area contributed by atoms with Crippen molar-refractivity contribution < 1.29 is 14.3 Å². The first-order valence-electron chi connectivity index (χ1n) is 12.0. The number of fused-ring (bicyclic) bond motifs is 3. The van der Waals surface area contributed by atoms with E-state index in [1.54, 1.807) is 19.4 Å². The fourth-order valence-corrected chi connectivity index (χ4v) is 4.31. The molecule has 0 aliphatic carbocycles. The Hall–Kier alpha value is -3.49. The van der Waals surface area contributed by atoms with Crippen molar-refractivity contribution in [2.75, 3.05) is 52.3 Å². The van der Waals surface area contributed by atoms with Crippen molar-refractivity contribution in [2.24, 2.45) is 0 Å². The summed E-state index contributed by atoms with van der Waals surface area (Å²) < 4.78 is 10.1. The van der Waals surface area contributed by atoms with Crippen molar-refractivity contribution in [2.45, 2.75) is 19.8 Å². The molecule has 1 aromatic carbocycles. The lowest BCUT2D eigenvalue weighted by Crippen LogP contribution is -2.29. The zero-order valence-corrected chi connectivity index (χ0v) is 20.6. The summed E-state index contributed by atoms with van der Waals surface area (Å²) in [6.07, 6.45) is 5.31. The third-order valence-corrected chi connectivity index (χ3v) is 6.16. The number of carbonyl (C=O) groups excluding carboxylic acids is 1. The summed E-state index contributed by atoms with van der Waals surface area (Å²) >= 11 is 0. The number of nitrogens with zero attached hydrogens (tertiary/aromatic N) is 3. The first-order chi connectivity index (χ1) is 17.1. The number of methoxy groups -OCH3 is 2. The van der Waals surface area contributed by atoms with Crippen molar-refractivity contribution in [3.8, 4) is 0 Å². The van der Waals surface area contributed by atoms with Gasteiger partial charge in [0.1, 0.15) is 5.82 Å². The van der Waals surface area contributed by atoms with Crippen molar-refractivity contribution in [3.05, 3.63) is 65.6 Å². The molecule has 2 N–H and O–H groups in total. The fraction of sp³-hybridized carbons (Fsp3) is 0.370. The van der Waals surface area contributed by atoms with Gasteiger partial charge in [0.05, 0.1) is 24.8 Å². The van der Waals surface area contributed by atoms with Gasteiger partial charge in [0, 0.05) is 61.0 Å². The maximum absolute atomic E-state index is 12.0. The van der Waals surface area contributed by atoms with Crippen LogP contribution in [0.5, 0.6) is 0 Å². The monoisotopic (exact) mass is 475 g/mol. The number of hydrogen-bond donors (Lipinski definition) is 2. The lowest BCUT2D eigenvalue weighted by molar-refractivity contribution is 0.0601. The van der Waals surface area contributed by atoms with Crippen LogP contribution in [0.1, 0.15) is 35.0 Å². The summed E-state index contributed by atoms with van der Waals surface area (Å²) in [4.78, 5) is 27.1. The number of aromatic amines is 1. The van der Waals surface area contributed by atoms with Gasteiger partial charge < -0.3 is 24.7 Å². The second-order valence-corrected chi connectivity index (χ2v) is 8.51. The van der Waals surface area contributed by atoms with Crippen LogP contribution in [0.3, 0.4) is 0 Å². The molecule has 0 unspecified atom stereocenters. The molecule has 0 amide bonds. The van der Waals surface area contributed by atoms with Gasteiger partial charge in [0.15, 0.2) is 0 Å². The number of likely N-dealkylation sites (N-methyl/N-ethyl adjacent to an activating group) is 1. The Labute approximate surface area is 205 Å². The van der Waals surface area contributed by atoms with Crippen LogP contribution >= 0.6 is 0 Å². The molecule has 4 rings (SSSR count). The number of carbonyl (C=O) groups is 1. The minimum atomic E-state index is -0.353. The summed E-state index contributed by atoms with van der Waals surface area (Å²) in [5, 5.41) is 5.63. The third-order valence-electron chi connectivity index (χ3n) is 6.16. The summed E-state index contributed by atoms with van der Waals surface area (Å²) in [6.45, 7) is 6.63. The van der Waals surface area contributed by atoms with Gasteiger partial charge in [-0.2, -0.15) is 0 Å². The van der Waals surface area contributed by atoms with Crippen LogP contribution in [0.15, 0.2) is 48.8 Å². The second kappa shape index (κ2) is 11.8. The molecule has 0 fully saturated rings. The predicted molar refractivity (Wildman–Crippen MR) is 139 cm³/mol. The number of pyridine rings is 2. The molecule has 3 aromatic heterocycles. The molecule has 0 radical (unpaired) electrons. The zero-order valence-electron chi connectivity index (χ0n) is 20.6. The van der Waals surface area contributed by atoms with Gasteiger partial charge in [-0.3, -0.25) is 4.98 Å². The van der Waals surface area contributed by atoms with Crippen LogP contribution in [0.4, 0.5) is 5.82 Å². The van der Waals surface area contributed by atoms with E-state index in [2.05, 4.69) is 39.2 Å². The van der Waals surface area contributed by atoms with Crippen molar-refractivity contribution in [1.29, 1.82) is 0 Å². The summed E-state index contributed by atoms with van der Waals surface area (Å²) in [7, 11) is 3.13. The maximum atomic E-state index is 12.0. The first-order valence-corrected chi connectivity index (χ1v) is 12.0. The molecule has 0 saturated carbocycles. The summed E-state index contributed by atoms with van der Waals surface area (Å²) in [5.41, 5.74) is 4.42. The number of H-pyrrole nitrogens is 1. The maximum Gasteiger partial charge on any atom is 0.337 e. The first kappa shape index (κ1) is 24.6. The second-order valence-electron chi connectivity index (χ2n) is 8.51. The molecular formula is C27H33N5O3. The van der Waals surface area contributed by atoms with Gasteiger partial charge in [0.2, 0.25) is 0 Å². The third kappa shape index (κ3) is 5.96. The van der Waals surface area contributed by atoms with E-state index in [0.717, 1.165) is 78.1 Å². The minimum absolute atomic E-state index is 0.353. The normalized spacial score (nSPS) is 11.4. The van der Waals surface area contributed by atoms with E-state index in [-0.39, 0.29) is 5.97 Å². The molecule has 0 atom stereocenters. The molecular weight excluding hydrogens is 442 g/mol.